The molecule has 0 saturated carbocycles. The number of phenols is 1. The van der Waals surface area contributed by atoms with Crippen LogP contribution in [0.3, 0.4) is 0 Å². The molecule has 1 aromatic rings. The average Bonchev–Trinajstić information content (AvgIpc) is 2.17. The van der Waals surface area contributed by atoms with Crippen LogP contribution in [-0.2, 0) is 11.2 Å². The van der Waals surface area contributed by atoms with Gasteiger partial charge in [0.15, 0.2) is 0 Å². The summed E-state index contributed by atoms with van der Waals surface area (Å²) in [6, 6.07) is 4.33. The van der Waals surface area contributed by atoms with E-state index in [4.69, 9.17) is 5.11 Å². The van der Waals surface area contributed by atoms with Gasteiger partial charge in [-0.1, -0.05) is 6.07 Å². The zero-order valence-corrected chi connectivity index (χ0v) is 7.93. The van der Waals surface area contributed by atoms with E-state index < -0.39 is 5.97 Å². The number of carbonyl (C=O) groups is 2. The summed E-state index contributed by atoms with van der Waals surface area (Å²) >= 11 is 0. The van der Waals surface area contributed by atoms with Crippen LogP contribution in [0.25, 0.3) is 0 Å². The lowest BCUT2D eigenvalue weighted by atomic mass is 10.1. The molecule has 0 aliphatic rings. The van der Waals surface area contributed by atoms with Crippen molar-refractivity contribution in [1.82, 2.24) is 5.32 Å². The van der Waals surface area contributed by atoms with Crippen molar-refractivity contribution >= 4 is 12.4 Å². The summed E-state index contributed by atoms with van der Waals surface area (Å²) in [5, 5.41) is 20.5. The summed E-state index contributed by atoms with van der Waals surface area (Å²) < 4.78 is 0. The number of carboxylic acid groups (broad SMARTS) is 1. The maximum absolute atomic E-state index is 10.6. The molecule has 3 N–H and O–H groups in total. The van der Waals surface area contributed by atoms with Crippen molar-refractivity contribution in [2.24, 2.45) is 0 Å². The van der Waals surface area contributed by atoms with Gasteiger partial charge in [-0.15, -0.1) is 0 Å². The molecule has 0 heterocycles. The third-order valence-corrected chi connectivity index (χ3v) is 1.93. The summed E-state index contributed by atoms with van der Waals surface area (Å²) in [7, 11) is 0. The van der Waals surface area contributed by atoms with E-state index in [1.54, 1.807) is 6.07 Å². The SMILES string of the molecule is O=CNCCc1ccc(C(=O)O)c(O)c1. The minimum atomic E-state index is -1.16. The molecule has 0 bridgehead atoms. The first-order valence-corrected chi connectivity index (χ1v) is 4.37. The fraction of sp³-hybridized carbons (Fsp3) is 0.200. The van der Waals surface area contributed by atoms with E-state index in [1.807, 2.05) is 0 Å². The van der Waals surface area contributed by atoms with E-state index in [1.165, 1.54) is 12.1 Å². The molecule has 15 heavy (non-hydrogen) atoms. The molecule has 0 aliphatic heterocycles. The lowest BCUT2D eigenvalue weighted by Crippen LogP contribution is -2.14. The van der Waals surface area contributed by atoms with Crippen LogP contribution in [0, 0.1) is 0 Å². The van der Waals surface area contributed by atoms with Gasteiger partial charge in [0.2, 0.25) is 6.41 Å². The first kappa shape index (κ1) is 11.0. The highest BCUT2D eigenvalue weighted by Gasteiger charge is 2.08. The Hall–Kier alpha value is -2.04. The fourth-order valence-corrected chi connectivity index (χ4v) is 1.19. The summed E-state index contributed by atoms with van der Waals surface area (Å²) in [6.45, 7) is 0.454. The molecule has 1 rings (SSSR count). The van der Waals surface area contributed by atoms with Crippen LogP contribution < -0.4 is 5.32 Å². The monoisotopic (exact) mass is 209 g/mol. The minimum absolute atomic E-state index is 0.123. The predicted molar refractivity (Wildman–Crippen MR) is 52.8 cm³/mol. The smallest absolute Gasteiger partial charge is 0.339 e. The quantitative estimate of drug-likeness (QED) is 0.483. The summed E-state index contributed by atoms with van der Waals surface area (Å²) in [5.74, 6) is -1.42. The van der Waals surface area contributed by atoms with E-state index >= 15 is 0 Å². The van der Waals surface area contributed by atoms with Gasteiger partial charge in [0, 0.05) is 6.54 Å². The van der Waals surface area contributed by atoms with Crippen LogP contribution in [0.4, 0.5) is 0 Å². The third kappa shape index (κ3) is 2.98. The number of hydrogen-bond donors (Lipinski definition) is 3. The van der Waals surface area contributed by atoms with E-state index in [9.17, 15) is 14.7 Å². The molecule has 5 nitrogen and oxygen atoms in total. The molecule has 5 heteroatoms. The molecule has 0 fully saturated rings. The Morgan fingerprint density at radius 1 is 1.47 bits per heavy atom. The first-order chi connectivity index (χ1) is 7.15. The van der Waals surface area contributed by atoms with Gasteiger partial charge in [0.25, 0.3) is 0 Å². The molecular formula is C10H11NO4. The second-order valence-electron chi connectivity index (χ2n) is 2.98. The van der Waals surface area contributed by atoms with Crippen molar-refractivity contribution in [3.63, 3.8) is 0 Å². The van der Waals surface area contributed by atoms with Crippen molar-refractivity contribution in [1.29, 1.82) is 0 Å². The van der Waals surface area contributed by atoms with Gasteiger partial charge in [0.05, 0.1) is 0 Å². The third-order valence-electron chi connectivity index (χ3n) is 1.93. The van der Waals surface area contributed by atoms with Crippen LogP contribution in [-0.4, -0.2) is 29.1 Å². The summed E-state index contributed by atoms with van der Waals surface area (Å²) in [4.78, 5) is 20.5. The Labute approximate surface area is 86.4 Å². The number of carboxylic acids is 1. The van der Waals surface area contributed by atoms with Gasteiger partial charge in [-0.05, 0) is 24.1 Å². The van der Waals surface area contributed by atoms with E-state index in [2.05, 4.69) is 5.32 Å². The van der Waals surface area contributed by atoms with Gasteiger partial charge < -0.3 is 15.5 Å². The highest BCUT2D eigenvalue weighted by Crippen LogP contribution is 2.18. The van der Waals surface area contributed by atoms with Crippen LogP contribution in [0.15, 0.2) is 18.2 Å². The van der Waals surface area contributed by atoms with E-state index in [-0.39, 0.29) is 11.3 Å². The minimum Gasteiger partial charge on any atom is -0.507 e. The standard InChI is InChI=1S/C10H11NO4/c12-6-11-4-3-7-1-2-8(10(14)15)9(13)5-7/h1-2,5-6,13H,3-4H2,(H,11,12)(H,14,15). The molecule has 0 atom stereocenters. The van der Waals surface area contributed by atoms with E-state index in [0.29, 0.717) is 19.4 Å². The molecule has 1 aromatic carbocycles. The van der Waals surface area contributed by atoms with E-state index in [0.717, 1.165) is 5.56 Å². The molecule has 0 spiro atoms. The molecule has 0 radical (unpaired) electrons. The zero-order valence-electron chi connectivity index (χ0n) is 7.93. The number of nitrogens with one attached hydrogen (secondary N) is 1. The van der Waals surface area contributed by atoms with Crippen molar-refractivity contribution in [2.75, 3.05) is 6.54 Å². The predicted octanol–water partition coefficient (Wildman–Crippen LogP) is 0.379. The average molecular weight is 209 g/mol. The number of hydrogen-bond acceptors (Lipinski definition) is 3. The Morgan fingerprint density at radius 3 is 2.73 bits per heavy atom. The Kier molecular flexibility index (Phi) is 3.68. The molecule has 1 amide bonds. The molecule has 0 saturated heterocycles. The van der Waals surface area contributed by atoms with Gasteiger partial charge in [-0.3, -0.25) is 4.79 Å². The Morgan fingerprint density at radius 2 is 2.20 bits per heavy atom. The number of benzene rings is 1. The van der Waals surface area contributed by atoms with Crippen molar-refractivity contribution in [3.8, 4) is 5.75 Å². The fourth-order valence-electron chi connectivity index (χ4n) is 1.19. The maximum atomic E-state index is 10.6. The van der Waals surface area contributed by atoms with Gasteiger partial charge in [0.1, 0.15) is 11.3 Å². The molecular weight excluding hydrogens is 198 g/mol. The van der Waals surface area contributed by atoms with Crippen LogP contribution in [0.1, 0.15) is 15.9 Å². The Balaban J connectivity index is 2.73. The molecule has 0 aromatic heterocycles. The van der Waals surface area contributed by atoms with Crippen LogP contribution in [0.2, 0.25) is 0 Å². The van der Waals surface area contributed by atoms with Crippen LogP contribution in [0.5, 0.6) is 5.75 Å². The highest BCUT2D eigenvalue weighted by molar-refractivity contribution is 5.90. The van der Waals surface area contributed by atoms with Gasteiger partial charge in [-0.25, -0.2) is 4.79 Å². The molecule has 0 unspecified atom stereocenters. The number of carbonyl (C=O) groups excluding carboxylic acids is 1. The normalized spacial score (nSPS) is 9.60. The first-order valence-electron chi connectivity index (χ1n) is 4.37. The summed E-state index contributed by atoms with van der Waals surface area (Å²) in [5.41, 5.74) is 0.647. The lowest BCUT2D eigenvalue weighted by molar-refractivity contribution is -0.109. The molecule has 80 valence electrons. The molecule has 0 aliphatic carbocycles. The second-order valence-corrected chi connectivity index (χ2v) is 2.98. The number of aromatic carboxylic acids is 1. The number of amides is 1. The second kappa shape index (κ2) is 4.99. The zero-order chi connectivity index (χ0) is 11.3. The Bertz CT molecular complexity index is 376. The number of aromatic hydroxyl groups is 1. The highest BCUT2D eigenvalue weighted by atomic mass is 16.4. The van der Waals surface area contributed by atoms with Gasteiger partial charge in [-0.2, -0.15) is 0 Å². The maximum Gasteiger partial charge on any atom is 0.339 e. The topological polar surface area (TPSA) is 86.6 Å². The largest absolute Gasteiger partial charge is 0.507 e. The van der Waals surface area contributed by atoms with Crippen LogP contribution >= 0.6 is 0 Å². The van der Waals surface area contributed by atoms with Gasteiger partial charge >= 0.3 is 5.97 Å². The van der Waals surface area contributed by atoms with Crippen molar-refractivity contribution < 1.29 is 19.8 Å². The summed E-state index contributed by atoms with van der Waals surface area (Å²) in [6.07, 6.45) is 1.14. The van der Waals surface area contributed by atoms with Crippen molar-refractivity contribution in [2.45, 2.75) is 6.42 Å². The number of rotatable bonds is 5. The van der Waals surface area contributed by atoms with Crippen molar-refractivity contribution in [3.05, 3.63) is 29.3 Å². The lowest BCUT2D eigenvalue weighted by Gasteiger charge is -2.03.